The van der Waals surface area contributed by atoms with Crippen molar-refractivity contribution in [2.75, 3.05) is 6.79 Å². The molecule has 1 aliphatic heterocycles. The summed E-state index contributed by atoms with van der Waals surface area (Å²) in [6.07, 6.45) is 1.61. The maximum absolute atomic E-state index is 5.17. The van der Waals surface area contributed by atoms with E-state index in [4.69, 9.17) is 13.9 Å². The molecule has 0 amide bonds. The van der Waals surface area contributed by atoms with Crippen LogP contribution in [0.15, 0.2) is 28.6 Å². The van der Waals surface area contributed by atoms with E-state index in [9.17, 15) is 0 Å². The first-order valence-electron chi connectivity index (χ1n) is 3.38. The van der Waals surface area contributed by atoms with Crippen molar-refractivity contribution in [1.29, 1.82) is 0 Å². The molecule has 0 aliphatic carbocycles. The Morgan fingerprint density at radius 1 is 1.36 bits per heavy atom. The van der Waals surface area contributed by atoms with Crippen LogP contribution >= 0.6 is 0 Å². The van der Waals surface area contributed by atoms with Gasteiger partial charge in [0.1, 0.15) is 5.76 Å². The largest absolute Gasteiger partial charge is 0.461 e. The molecular weight excluding hydrogens is 144 g/mol. The summed E-state index contributed by atoms with van der Waals surface area (Å²) in [5.41, 5.74) is 0. The third-order valence-corrected chi connectivity index (χ3v) is 1.54. The second-order valence-corrected chi connectivity index (χ2v) is 2.27. The number of hydrogen-bond donors (Lipinski definition) is 0. The fourth-order valence-electron chi connectivity index (χ4n) is 0.996. The van der Waals surface area contributed by atoms with Gasteiger partial charge in [0.25, 0.3) is 0 Å². The van der Waals surface area contributed by atoms with Gasteiger partial charge in [-0.25, -0.2) is 0 Å². The second kappa shape index (κ2) is 2.34. The van der Waals surface area contributed by atoms with Gasteiger partial charge in [0.05, 0.1) is 6.26 Å². The van der Waals surface area contributed by atoms with Crippen LogP contribution in [-0.2, 0) is 9.47 Å². The van der Waals surface area contributed by atoms with Crippen LogP contribution in [0.2, 0.25) is 0 Å². The third kappa shape index (κ3) is 0.981. The lowest BCUT2D eigenvalue weighted by molar-refractivity contribution is 0.0871. The summed E-state index contributed by atoms with van der Waals surface area (Å²) in [4.78, 5) is 0. The van der Waals surface area contributed by atoms with E-state index >= 15 is 0 Å². The molecule has 0 bridgehead atoms. The summed E-state index contributed by atoms with van der Waals surface area (Å²) in [7, 11) is 0. The minimum absolute atomic E-state index is 0.294. The average Bonchev–Trinajstić information content (AvgIpc) is 2.55. The van der Waals surface area contributed by atoms with Crippen LogP contribution < -0.4 is 0 Å². The van der Waals surface area contributed by atoms with Gasteiger partial charge in [-0.05, 0) is 19.1 Å². The minimum Gasteiger partial charge on any atom is -0.461 e. The van der Waals surface area contributed by atoms with Gasteiger partial charge in [-0.15, -0.1) is 0 Å². The van der Waals surface area contributed by atoms with E-state index in [0.29, 0.717) is 12.6 Å². The van der Waals surface area contributed by atoms with Gasteiger partial charge in [0.2, 0.25) is 12.6 Å². The zero-order valence-electron chi connectivity index (χ0n) is 6.16. The summed E-state index contributed by atoms with van der Waals surface area (Å²) in [5, 5.41) is 0. The molecule has 0 radical (unpaired) electrons. The van der Waals surface area contributed by atoms with E-state index < -0.39 is 0 Å². The van der Waals surface area contributed by atoms with Gasteiger partial charge >= 0.3 is 0 Å². The average molecular weight is 152 g/mol. The van der Waals surface area contributed by atoms with Crippen molar-refractivity contribution in [3.05, 3.63) is 29.9 Å². The summed E-state index contributed by atoms with van der Waals surface area (Å²) in [5.74, 6) is 2.20. The van der Waals surface area contributed by atoms with Gasteiger partial charge in [0, 0.05) is 0 Å². The molecule has 58 valence electrons. The van der Waals surface area contributed by atoms with Crippen molar-refractivity contribution in [1.82, 2.24) is 0 Å². The molecule has 1 aromatic rings. The molecule has 2 rings (SSSR count). The van der Waals surface area contributed by atoms with Gasteiger partial charge in [-0.2, -0.15) is 0 Å². The highest BCUT2D eigenvalue weighted by Crippen LogP contribution is 2.25. The molecule has 3 heteroatoms. The zero-order valence-corrected chi connectivity index (χ0v) is 6.16. The van der Waals surface area contributed by atoms with Crippen LogP contribution in [0.1, 0.15) is 12.7 Å². The Morgan fingerprint density at radius 2 is 2.27 bits per heavy atom. The summed E-state index contributed by atoms with van der Waals surface area (Å²) >= 11 is 0. The lowest BCUT2D eigenvalue weighted by Crippen LogP contribution is -1.82. The van der Waals surface area contributed by atoms with E-state index in [-0.39, 0.29) is 0 Å². The van der Waals surface area contributed by atoms with E-state index in [1.807, 2.05) is 19.1 Å². The van der Waals surface area contributed by atoms with Crippen LogP contribution in [0.25, 0.3) is 5.76 Å². The molecule has 0 saturated heterocycles. The molecule has 1 aliphatic rings. The lowest BCUT2D eigenvalue weighted by Gasteiger charge is -1.94. The maximum Gasteiger partial charge on any atom is 0.230 e. The van der Waals surface area contributed by atoms with Crippen LogP contribution in [-0.4, -0.2) is 6.79 Å². The molecule has 0 spiro atoms. The fraction of sp³-hybridized carbons (Fsp3) is 0.250. The first kappa shape index (κ1) is 6.34. The highest BCUT2D eigenvalue weighted by atomic mass is 16.7. The van der Waals surface area contributed by atoms with Gasteiger partial charge in [-0.1, -0.05) is 0 Å². The number of hydrogen-bond acceptors (Lipinski definition) is 3. The molecule has 2 heterocycles. The smallest absolute Gasteiger partial charge is 0.230 e. The topological polar surface area (TPSA) is 31.6 Å². The maximum atomic E-state index is 5.17. The van der Waals surface area contributed by atoms with Crippen LogP contribution in [0, 0.1) is 0 Å². The second-order valence-electron chi connectivity index (χ2n) is 2.27. The SMILES string of the molecule is CC1=C(c2ccco2)OCO1. The Labute approximate surface area is 64.2 Å². The van der Waals surface area contributed by atoms with Crippen molar-refractivity contribution in [2.45, 2.75) is 6.92 Å². The molecule has 11 heavy (non-hydrogen) atoms. The Kier molecular flexibility index (Phi) is 1.35. The molecule has 3 nitrogen and oxygen atoms in total. The first-order chi connectivity index (χ1) is 5.38. The zero-order chi connectivity index (χ0) is 7.68. The van der Waals surface area contributed by atoms with Crippen molar-refractivity contribution >= 4 is 5.76 Å². The molecular formula is C8H8O3. The number of rotatable bonds is 1. The highest BCUT2D eigenvalue weighted by Gasteiger charge is 2.17. The standard InChI is InChI=1S/C8H8O3/c1-6-8(11-5-10-6)7-3-2-4-9-7/h2-4H,5H2,1H3. The van der Waals surface area contributed by atoms with Crippen molar-refractivity contribution in [3.8, 4) is 0 Å². The summed E-state index contributed by atoms with van der Waals surface area (Å²) in [6, 6.07) is 3.66. The third-order valence-electron chi connectivity index (χ3n) is 1.54. The van der Waals surface area contributed by atoms with Gasteiger partial charge in [0.15, 0.2) is 5.76 Å². The normalized spacial score (nSPS) is 16.5. The molecule has 0 N–H and O–H groups in total. The Hall–Kier alpha value is -1.38. The van der Waals surface area contributed by atoms with Crippen LogP contribution in [0.5, 0.6) is 0 Å². The van der Waals surface area contributed by atoms with E-state index in [0.717, 1.165) is 11.5 Å². The Morgan fingerprint density at radius 3 is 2.82 bits per heavy atom. The summed E-state index contributed by atoms with van der Waals surface area (Å²) < 4.78 is 15.4. The highest BCUT2D eigenvalue weighted by molar-refractivity contribution is 5.57. The number of allylic oxidation sites excluding steroid dienone is 1. The lowest BCUT2D eigenvalue weighted by atomic mass is 10.3. The van der Waals surface area contributed by atoms with Gasteiger partial charge in [-0.3, -0.25) is 0 Å². The van der Waals surface area contributed by atoms with Gasteiger partial charge < -0.3 is 13.9 Å². The quantitative estimate of drug-likeness (QED) is 0.616. The van der Waals surface area contributed by atoms with E-state index in [2.05, 4.69) is 0 Å². The monoisotopic (exact) mass is 152 g/mol. The number of furan rings is 1. The van der Waals surface area contributed by atoms with E-state index in [1.54, 1.807) is 6.26 Å². The molecule has 0 unspecified atom stereocenters. The fourth-order valence-corrected chi connectivity index (χ4v) is 0.996. The Balaban J connectivity index is 2.36. The van der Waals surface area contributed by atoms with Crippen molar-refractivity contribution in [2.24, 2.45) is 0 Å². The summed E-state index contributed by atoms with van der Waals surface area (Å²) in [6.45, 7) is 2.15. The molecule has 0 saturated carbocycles. The Bertz CT molecular complexity index is 272. The predicted octanol–water partition coefficient (Wildman–Crippen LogP) is 1.97. The molecule has 0 aromatic carbocycles. The molecule has 1 aromatic heterocycles. The minimum atomic E-state index is 0.294. The van der Waals surface area contributed by atoms with Crippen LogP contribution in [0.3, 0.4) is 0 Å². The number of ether oxygens (including phenoxy) is 2. The predicted molar refractivity (Wildman–Crippen MR) is 38.3 cm³/mol. The molecule has 0 fully saturated rings. The molecule has 0 atom stereocenters. The van der Waals surface area contributed by atoms with Crippen molar-refractivity contribution in [3.63, 3.8) is 0 Å². The van der Waals surface area contributed by atoms with E-state index in [1.165, 1.54) is 0 Å². The van der Waals surface area contributed by atoms with Crippen molar-refractivity contribution < 1.29 is 13.9 Å². The van der Waals surface area contributed by atoms with Crippen LogP contribution in [0.4, 0.5) is 0 Å². The first-order valence-corrected chi connectivity index (χ1v) is 3.38.